The highest BCUT2D eigenvalue weighted by molar-refractivity contribution is 5.91. The number of aromatic nitrogens is 2. The summed E-state index contributed by atoms with van der Waals surface area (Å²) in [4.78, 5) is 11.5. The van der Waals surface area contributed by atoms with Crippen LogP contribution in [0.1, 0.15) is 38.5 Å². The van der Waals surface area contributed by atoms with E-state index < -0.39 is 0 Å². The van der Waals surface area contributed by atoms with Crippen molar-refractivity contribution in [2.45, 2.75) is 62.8 Å². The van der Waals surface area contributed by atoms with Gasteiger partial charge in [0, 0.05) is 36.2 Å². The summed E-state index contributed by atoms with van der Waals surface area (Å²) in [6, 6.07) is 7.01. The van der Waals surface area contributed by atoms with Gasteiger partial charge in [0.05, 0.1) is 17.7 Å². The molecule has 0 radical (unpaired) electrons. The lowest BCUT2D eigenvalue weighted by Crippen LogP contribution is -2.49. The summed E-state index contributed by atoms with van der Waals surface area (Å²) in [7, 11) is 0. The first kappa shape index (κ1) is 16.3. The molecule has 6 nitrogen and oxygen atoms in total. The Labute approximate surface area is 154 Å². The van der Waals surface area contributed by atoms with Gasteiger partial charge < -0.3 is 15.8 Å². The molecule has 3 fully saturated rings. The summed E-state index contributed by atoms with van der Waals surface area (Å²) in [6.07, 6.45) is 9.99. The van der Waals surface area contributed by atoms with Crippen LogP contribution in [0.4, 0.5) is 11.5 Å². The minimum absolute atomic E-state index is 0.476. The second-order valence-corrected chi connectivity index (χ2v) is 8.06. The van der Waals surface area contributed by atoms with Gasteiger partial charge in [-0.1, -0.05) is 0 Å². The number of benzene rings is 1. The van der Waals surface area contributed by atoms with Crippen LogP contribution >= 0.6 is 0 Å². The van der Waals surface area contributed by atoms with Gasteiger partial charge in [0.15, 0.2) is 0 Å². The van der Waals surface area contributed by atoms with E-state index in [1.165, 1.54) is 38.5 Å². The van der Waals surface area contributed by atoms with Crippen LogP contribution in [0.5, 0.6) is 0 Å². The van der Waals surface area contributed by atoms with Crippen LogP contribution in [0.15, 0.2) is 24.5 Å². The Morgan fingerprint density at radius 3 is 2.54 bits per heavy atom. The van der Waals surface area contributed by atoms with Crippen LogP contribution in [0.3, 0.4) is 0 Å². The Kier molecular flexibility index (Phi) is 4.17. The van der Waals surface area contributed by atoms with Crippen molar-refractivity contribution in [1.29, 1.82) is 0 Å². The molecule has 2 aliphatic heterocycles. The maximum atomic E-state index is 5.99. The van der Waals surface area contributed by atoms with E-state index in [0.29, 0.717) is 18.2 Å². The molecule has 0 amide bonds. The van der Waals surface area contributed by atoms with E-state index in [1.807, 2.05) is 18.2 Å². The monoisotopic (exact) mass is 353 g/mol. The summed E-state index contributed by atoms with van der Waals surface area (Å²) < 4.78 is 5.99. The Morgan fingerprint density at radius 2 is 1.77 bits per heavy atom. The minimum Gasteiger partial charge on any atom is -0.399 e. The van der Waals surface area contributed by atoms with Crippen molar-refractivity contribution in [2.24, 2.45) is 0 Å². The van der Waals surface area contributed by atoms with Gasteiger partial charge in [0.2, 0.25) is 0 Å². The van der Waals surface area contributed by atoms with E-state index >= 15 is 0 Å². The highest BCUT2D eigenvalue weighted by Gasteiger charge is 2.37. The minimum atomic E-state index is 0.476. The lowest BCUT2D eigenvalue weighted by atomic mass is 9.89. The van der Waals surface area contributed by atoms with E-state index in [1.54, 1.807) is 6.33 Å². The number of morpholine rings is 1. The third-order valence-corrected chi connectivity index (χ3v) is 6.29. The number of hydrogen-bond acceptors (Lipinski definition) is 6. The quantitative estimate of drug-likeness (QED) is 0.827. The number of nitrogen functional groups attached to an aromatic ring is 1. The zero-order valence-corrected chi connectivity index (χ0v) is 15.1. The van der Waals surface area contributed by atoms with E-state index in [-0.39, 0.29) is 0 Å². The third-order valence-electron chi connectivity index (χ3n) is 6.29. The molecule has 1 aliphatic carbocycles. The zero-order chi connectivity index (χ0) is 17.5. The van der Waals surface area contributed by atoms with Crippen molar-refractivity contribution in [2.75, 3.05) is 24.1 Å². The van der Waals surface area contributed by atoms with Gasteiger partial charge in [-0.05, 0) is 56.7 Å². The highest BCUT2D eigenvalue weighted by atomic mass is 16.5. The number of nitrogens with one attached hydrogen (secondary N) is 1. The van der Waals surface area contributed by atoms with Crippen LogP contribution in [-0.4, -0.2) is 52.2 Å². The first-order chi connectivity index (χ1) is 12.7. The molecule has 0 spiro atoms. The average molecular weight is 353 g/mol. The smallest absolute Gasteiger partial charge is 0.137 e. The lowest BCUT2D eigenvalue weighted by molar-refractivity contribution is -0.0575. The number of anilines is 2. The summed E-state index contributed by atoms with van der Waals surface area (Å²) in [5.74, 6) is 0.912. The maximum Gasteiger partial charge on any atom is 0.137 e. The fourth-order valence-electron chi connectivity index (χ4n) is 4.91. The van der Waals surface area contributed by atoms with Gasteiger partial charge in [-0.2, -0.15) is 0 Å². The molecule has 26 heavy (non-hydrogen) atoms. The van der Waals surface area contributed by atoms with Crippen LogP contribution in [-0.2, 0) is 4.74 Å². The van der Waals surface area contributed by atoms with Gasteiger partial charge in [-0.25, -0.2) is 9.97 Å². The average Bonchev–Trinajstić information content (AvgIpc) is 3.00. The molecule has 1 aromatic carbocycles. The van der Waals surface area contributed by atoms with Gasteiger partial charge in [0.25, 0.3) is 0 Å². The van der Waals surface area contributed by atoms with Crippen LogP contribution in [0.25, 0.3) is 10.9 Å². The molecule has 2 bridgehead atoms. The topological polar surface area (TPSA) is 76.3 Å². The first-order valence-electron chi connectivity index (χ1n) is 9.91. The summed E-state index contributed by atoms with van der Waals surface area (Å²) in [6.45, 7) is 2.27. The van der Waals surface area contributed by atoms with E-state index in [0.717, 1.165) is 41.5 Å². The lowest BCUT2D eigenvalue weighted by Gasteiger charge is -2.41. The summed E-state index contributed by atoms with van der Waals surface area (Å²) in [5, 5.41) is 4.67. The Bertz CT molecular complexity index is 777. The molecule has 6 heteroatoms. The predicted octanol–water partition coefficient (Wildman–Crippen LogP) is 2.80. The van der Waals surface area contributed by atoms with Crippen LogP contribution < -0.4 is 11.1 Å². The fraction of sp³-hybridized carbons (Fsp3) is 0.600. The molecule has 1 aromatic heterocycles. The largest absolute Gasteiger partial charge is 0.399 e. The van der Waals surface area contributed by atoms with Gasteiger partial charge in [-0.3, -0.25) is 4.90 Å². The number of likely N-dealkylation sites (tertiary alicyclic amines) is 1. The predicted molar refractivity (Wildman–Crippen MR) is 103 cm³/mol. The fourth-order valence-corrected chi connectivity index (χ4v) is 4.91. The number of fused-ring (bicyclic) bond motifs is 3. The van der Waals surface area contributed by atoms with E-state index in [9.17, 15) is 0 Å². The number of rotatable bonds is 3. The molecule has 5 rings (SSSR count). The van der Waals surface area contributed by atoms with Gasteiger partial charge >= 0.3 is 0 Å². The molecule has 2 saturated heterocycles. The molecule has 2 aromatic rings. The molecule has 3 N–H and O–H groups in total. The summed E-state index contributed by atoms with van der Waals surface area (Å²) in [5.41, 5.74) is 7.65. The van der Waals surface area contributed by atoms with Crippen LogP contribution in [0, 0.1) is 0 Å². The van der Waals surface area contributed by atoms with Crippen LogP contribution in [0.2, 0.25) is 0 Å². The second-order valence-electron chi connectivity index (χ2n) is 8.06. The first-order valence-corrected chi connectivity index (χ1v) is 9.91. The molecule has 3 heterocycles. The second kappa shape index (κ2) is 6.67. The molecule has 3 aliphatic rings. The third kappa shape index (κ3) is 3.12. The SMILES string of the molecule is Nc1ccc2ncnc(NC3CCC(N4CC5CCC(C4)O5)CC3)c2c1. The van der Waals surface area contributed by atoms with Crippen molar-refractivity contribution in [1.82, 2.24) is 14.9 Å². The van der Waals surface area contributed by atoms with Gasteiger partial charge in [0.1, 0.15) is 12.1 Å². The van der Waals surface area contributed by atoms with Crippen molar-refractivity contribution in [3.8, 4) is 0 Å². The van der Waals surface area contributed by atoms with Crippen molar-refractivity contribution in [3.63, 3.8) is 0 Å². The summed E-state index contributed by atoms with van der Waals surface area (Å²) >= 11 is 0. The van der Waals surface area contributed by atoms with Crippen molar-refractivity contribution >= 4 is 22.4 Å². The number of ether oxygens (including phenoxy) is 1. The molecule has 2 atom stereocenters. The standard InChI is InChI=1S/C20H27N5O/c21-13-1-8-19-18(9-13)20(23-12-22-19)24-14-2-4-15(5-3-14)25-10-16-6-7-17(11-25)26-16/h1,8-9,12,14-17H,2-7,10-11,21H2,(H,22,23,24). The van der Waals surface area contributed by atoms with E-state index in [2.05, 4.69) is 20.2 Å². The molecule has 2 unspecified atom stereocenters. The molecule has 1 saturated carbocycles. The normalized spacial score (nSPS) is 32.0. The zero-order valence-electron chi connectivity index (χ0n) is 15.1. The van der Waals surface area contributed by atoms with Gasteiger partial charge in [-0.15, -0.1) is 0 Å². The maximum absolute atomic E-state index is 5.99. The highest BCUT2D eigenvalue weighted by Crippen LogP contribution is 2.33. The number of nitrogens with two attached hydrogens (primary N) is 1. The Balaban J connectivity index is 1.23. The van der Waals surface area contributed by atoms with Crippen molar-refractivity contribution < 1.29 is 4.74 Å². The van der Waals surface area contributed by atoms with E-state index in [4.69, 9.17) is 10.5 Å². The Morgan fingerprint density at radius 1 is 1.00 bits per heavy atom. The Hall–Kier alpha value is -1.92. The van der Waals surface area contributed by atoms with Crippen molar-refractivity contribution in [3.05, 3.63) is 24.5 Å². The molecular weight excluding hydrogens is 326 g/mol. The molecule has 138 valence electrons. The number of hydrogen-bond donors (Lipinski definition) is 2. The molecular formula is C20H27N5O. The number of nitrogens with zero attached hydrogens (tertiary/aromatic N) is 3.